The summed E-state index contributed by atoms with van der Waals surface area (Å²) in [7, 11) is 0. The van der Waals surface area contributed by atoms with Crippen LogP contribution in [-0.2, 0) is 0 Å². The van der Waals surface area contributed by atoms with Gasteiger partial charge in [0, 0.05) is 10.4 Å². The van der Waals surface area contributed by atoms with E-state index >= 15 is 0 Å². The Balaban J connectivity index is 2.92. The summed E-state index contributed by atoms with van der Waals surface area (Å²) in [5, 5.41) is 12.6. The maximum absolute atomic E-state index is 10.7. The molecule has 0 aromatic carbocycles. The van der Waals surface area contributed by atoms with E-state index in [1.807, 2.05) is 20.8 Å². The fourth-order valence-corrected chi connectivity index (χ4v) is 1.98. The summed E-state index contributed by atoms with van der Waals surface area (Å²) in [6, 6.07) is 0. The number of hydrogen-bond donors (Lipinski definition) is 2. The lowest BCUT2D eigenvalue weighted by molar-refractivity contribution is 0.0690. The molecule has 0 atom stereocenters. The predicted molar refractivity (Wildman–Crippen MR) is 57.2 cm³/mol. The summed E-state index contributed by atoms with van der Waals surface area (Å²) in [4.78, 5) is 15.4. The van der Waals surface area contributed by atoms with Crippen molar-refractivity contribution in [2.75, 3.05) is 5.32 Å². The summed E-state index contributed by atoms with van der Waals surface area (Å²) in [6.45, 7) is 7.77. The molecule has 78 valence electrons. The molecule has 0 fully saturated rings. The van der Waals surface area contributed by atoms with Gasteiger partial charge in [0.25, 0.3) is 0 Å². The number of hydrogen-bond acceptors (Lipinski definition) is 4. The van der Waals surface area contributed by atoms with E-state index < -0.39 is 5.97 Å². The second kappa shape index (κ2) is 3.57. The summed E-state index contributed by atoms with van der Waals surface area (Å²) in [6.07, 6.45) is 0. The van der Waals surface area contributed by atoms with Gasteiger partial charge in [-0.25, -0.2) is 9.78 Å². The smallest absolute Gasteiger partial charge is 0.355 e. The maximum Gasteiger partial charge on any atom is 0.355 e. The molecule has 2 N–H and O–H groups in total. The van der Waals surface area contributed by atoms with Gasteiger partial charge in [0.05, 0.1) is 0 Å². The molecule has 4 nitrogen and oxygen atoms in total. The monoisotopic (exact) mass is 214 g/mol. The first-order valence-electron chi connectivity index (χ1n) is 4.28. The fourth-order valence-electron chi connectivity index (χ4n) is 0.969. The van der Waals surface area contributed by atoms with Gasteiger partial charge < -0.3 is 10.4 Å². The highest BCUT2D eigenvalue weighted by Gasteiger charge is 2.17. The molecule has 0 aliphatic carbocycles. The highest BCUT2D eigenvalue weighted by molar-refractivity contribution is 7.15. The molecule has 0 aliphatic rings. The number of carboxylic acid groups (broad SMARTS) is 1. The van der Waals surface area contributed by atoms with E-state index in [9.17, 15) is 4.79 Å². The molecule has 0 saturated heterocycles. The van der Waals surface area contributed by atoms with Gasteiger partial charge in [-0.1, -0.05) is 0 Å². The molecule has 0 unspecified atom stereocenters. The topological polar surface area (TPSA) is 62.2 Å². The molecule has 1 heterocycles. The Bertz CT molecular complexity index is 352. The zero-order chi connectivity index (χ0) is 10.9. The van der Waals surface area contributed by atoms with Crippen LogP contribution >= 0.6 is 11.3 Å². The lowest BCUT2D eigenvalue weighted by Crippen LogP contribution is -2.25. The number of rotatable bonds is 2. The van der Waals surface area contributed by atoms with Crippen molar-refractivity contribution in [3.05, 3.63) is 10.6 Å². The van der Waals surface area contributed by atoms with Gasteiger partial charge in [-0.05, 0) is 27.7 Å². The van der Waals surface area contributed by atoms with E-state index in [1.165, 1.54) is 11.3 Å². The normalized spacial score (nSPS) is 11.4. The molecule has 0 aliphatic heterocycles. The molecule has 0 saturated carbocycles. The molecular weight excluding hydrogens is 200 g/mol. The van der Waals surface area contributed by atoms with Crippen LogP contribution in [0.25, 0.3) is 0 Å². The van der Waals surface area contributed by atoms with Crippen LogP contribution in [0.5, 0.6) is 0 Å². The van der Waals surface area contributed by atoms with E-state index in [1.54, 1.807) is 6.92 Å². The zero-order valence-corrected chi connectivity index (χ0v) is 9.53. The number of aryl methyl sites for hydroxylation is 1. The molecule has 1 aromatic rings. The van der Waals surface area contributed by atoms with Gasteiger partial charge in [0.1, 0.15) is 0 Å². The quantitative estimate of drug-likeness (QED) is 0.793. The second-order valence-electron chi connectivity index (χ2n) is 4.10. The van der Waals surface area contributed by atoms with Gasteiger partial charge in [0.15, 0.2) is 10.8 Å². The van der Waals surface area contributed by atoms with Crippen molar-refractivity contribution in [3.63, 3.8) is 0 Å². The fraction of sp³-hybridized carbons (Fsp3) is 0.556. The Kier molecular flexibility index (Phi) is 2.80. The molecule has 0 amide bonds. The summed E-state index contributed by atoms with van der Waals surface area (Å²) < 4.78 is 0. The van der Waals surface area contributed by atoms with Gasteiger partial charge in [-0.2, -0.15) is 0 Å². The summed E-state index contributed by atoms with van der Waals surface area (Å²) in [5.74, 6) is -0.972. The molecule has 0 radical (unpaired) electrons. The van der Waals surface area contributed by atoms with E-state index in [0.29, 0.717) is 5.13 Å². The first-order chi connectivity index (χ1) is 6.29. The van der Waals surface area contributed by atoms with Crippen LogP contribution in [0, 0.1) is 6.92 Å². The third-order valence-corrected chi connectivity index (χ3v) is 2.37. The Morgan fingerprint density at radius 2 is 2.07 bits per heavy atom. The first-order valence-corrected chi connectivity index (χ1v) is 5.10. The number of aromatic nitrogens is 1. The number of aromatic carboxylic acids is 1. The lowest BCUT2D eigenvalue weighted by Gasteiger charge is -2.19. The van der Waals surface area contributed by atoms with Gasteiger partial charge in [-0.15, -0.1) is 11.3 Å². The van der Waals surface area contributed by atoms with E-state index in [0.717, 1.165) is 4.88 Å². The van der Waals surface area contributed by atoms with Crippen LogP contribution in [0.2, 0.25) is 0 Å². The molecule has 5 heteroatoms. The standard InChI is InChI=1S/C9H14N2O2S/c1-5-6(7(12)13)10-8(14-5)11-9(2,3)4/h1-4H3,(H,10,11)(H,12,13). The van der Waals surface area contributed by atoms with Crippen molar-refractivity contribution in [1.82, 2.24) is 4.98 Å². The first kappa shape index (κ1) is 11.0. The van der Waals surface area contributed by atoms with Crippen LogP contribution in [-0.4, -0.2) is 21.6 Å². The third kappa shape index (κ3) is 2.70. The molecule has 1 rings (SSSR count). The SMILES string of the molecule is Cc1sc(NC(C)(C)C)nc1C(=O)O. The van der Waals surface area contributed by atoms with E-state index in [4.69, 9.17) is 5.11 Å². The van der Waals surface area contributed by atoms with E-state index in [-0.39, 0.29) is 11.2 Å². The minimum atomic E-state index is -0.972. The van der Waals surface area contributed by atoms with Crippen LogP contribution < -0.4 is 5.32 Å². The number of carboxylic acids is 1. The van der Waals surface area contributed by atoms with Crippen molar-refractivity contribution >= 4 is 22.4 Å². The van der Waals surface area contributed by atoms with Gasteiger partial charge in [0.2, 0.25) is 0 Å². The number of thiazole rings is 1. The van der Waals surface area contributed by atoms with Crippen LogP contribution in [0.3, 0.4) is 0 Å². The minimum absolute atomic E-state index is 0.0972. The van der Waals surface area contributed by atoms with Crippen LogP contribution in [0.1, 0.15) is 36.1 Å². The van der Waals surface area contributed by atoms with Crippen molar-refractivity contribution in [2.24, 2.45) is 0 Å². The van der Waals surface area contributed by atoms with Crippen LogP contribution in [0.4, 0.5) is 5.13 Å². The Morgan fingerprint density at radius 1 is 1.50 bits per heavy atom. The average Bonchev–Trinajstić information content (AvgIpc) is 2.26. The second-order valence-corrected chi connectivity index (χ2v) is 5.31. The Hall–Kier alpha value is -1.10. The Labute approximate surface area is 87.0 Å². The minimum Gasteiger partial charge on any atom is -0.476 e. The number of nitrogens with zero attached hydrogens (tertiary/aromatic N) is 1. The molecule has 1 aromatic heterocycles. The van der Waals surface area contributed by atoms with Crippen molar-refractivity contribution in [2.45, 2.75) is 33.2 Å². The molecular formula is C9H14N2O2S. The Morgan fingerprint density at radius 3 is 2.43 bits per heavy atom. The molecule has 14 heavy (non-hydrogen) atoms. The highest BCUT2D eigenvalue weighted by atomic mass is 32.1. The average molecular weight is 214 g/mol. The lowest BCUT2D eigenvalue weighted by atomic mass is 10.1. The van der Waals surface area contributed by atoms with E-state index in [2.05, 4.69) is 10.3 Å². The predicted octanol–water partition coefficient (Wildman–Crippen LogP) is 2.36. The van der Waals surface area contributed by atoms with Gasteiger partial charge >= 0.3 is 5.97 Å². The maximum atomic E-state index is 10.7. The number of nitrogens with one attached hydrogen (secondary N) is 1. The summed E-state index contributed by atoms with van der Waals surface area (Å²) >= 11 is 1.37. The highest BCUT2D eigenvalue weighted by Crippen LogP contribution is 2.24. The number of anilines is 1. The van der Waals surface area contributed by atoms with Gasteiger partial charge in [-0.3, -0.25) is 0 Å². The zero-order valence-electron chi connectivity index (χ0n) is 8.71. The number of carbonyl (C=O) groups is 1. The summed E-state index contributed by atoms with van der Waals surface area (Å²) in [5.41, 5.74) is 0.0434. The molecule has 0 bridgehead atoms. The van der Waals surface area contributed by atoms with Crippen molar-refractivity contribution < 1.29 is 9.90 Å². The van der Waals surface area contributed by atoms with Crippen molar-refractivity contribution in [1.29, 1.82) is 0 Å². The van der Waals surface area contributed by atoms with Crippen LogP contribution in [0.15, 0.2) is 0 Å². The largest absolute Gasteiger partial charge is 0.476 e. The van der Waals surface area contributed by atoms with Crippen molar-refractivity contribution in [3.8, 4) is 0 Å². The molecule has 0 spiro atoms. The third-order valence-electron chi connectivity index (χ3n) is 1.48.